The van der Waals surface area contributed by atoms with Gasteiger partial charge in [0.1, 0.15) is 10.6 Å². The Balaban J connectivity index is 1.74. The molecule has 1 heterocycles. The number of piperidine rings is 1. The average molecular weight is 495 g/mol. The molecule has 0 radical (unpaired) electrons. The fourth-order valence-corrected chi connectivity index (χ4v) is 5.53. The standard InChI is InChI=1S/C23H27ClN2O6S/c1-15-7-10-20(31-3)19(13-15)25-22(27)16(2)32-23(28)17-8-9-18(24)21(14-17)33(29,30)26-11-5-4-6-12-26/h7-10,13-14,16H,4-6,11-12H2,1-3H3,(H,25,27). The van der Waals surface area contributed by atoms with Crippen LogP contribution >= 0.6 is 11.6 Å². The van der Waals surface area contributed by atoms with Crippen LogP contribution in [0.1, 0.15) is 42.1 Å². The van der Waals surface area contributed by atoms with E-state index in [0.29, 0.717) is 24.5 Å². The number of methoxy groups -OCH3 is 1. The van der Waals surface area contributed by atoms with E-state index < -0.39 is 28.0 Å². The van der Waals surface area contributed by atoms with Gasteiger partial charge in [0.15, 0.2) is 6.10 Å². The summed E-state index contributed by atoms with van der Waals surface area (Å²) in [7, 11) is -2.36. The van der Waals surface area contributed by atoms with Crippen LogP contribution in [0.3, 0.4) is 0 Å². The molecule has 33 heavy (non-hydrogen) atoms. The minimum atomic E-state index is -3.85. The molecule has 1 N–H and O–H groups in total. The summed E-state index contributed by atoms with van der Waals surface area (Å²) in [5.74, 6) is -0.916. The number of amides is 1. The third-order valence-electron chi connectivity index (χ3n) is 5.37. The molecule has 178 valence electrons. The summed E-state index contributed by atoms with van der Waals surface area (Å²) in [6, 6.07) is 9.21. The minimum Gasteiger partial charge on any atom is -0.495 e. The average Bonchev–Trinajstić information content (AvgIpc) is 2.79. The lowest BCUT2D eigenvalue weighted by atomic mass is 10.2. The zero-order valence-corrected chi connectivity index (χ0v) is 20.3. The number of esters is 1. The van der Waals surface area contributed by atoms with Crippen LogP contribution in [0.15, 0.2) is 41.3 Å². The highest BCUT2D eigenvalue weighted by atomic mass is 35.5. The number of anilines is 1. The number of hydrogen-bond donors (Lipinski definition) is 1. The number of benzene rings is 2. The van der Waals surface area contributed by atoms with Gasteiger partial charge in [-0.1, -0.05) is 24.1 Å². The van der Waals surface area contributed by atoms with Crippen LogP contribution in [0.5, 0.6) is 5.75 Å². The first-order valence-electron chi connectivity index (χ1n) is 10.6. The Labute approximate surface area is 198 Å². The summed E-state index contributed by atoms with van der Waals surface area (Å²) in [5, 5.41) is 2.70. The lowest BCUT2D eigenvalue weighted by molar-refractivity contribution is -0.123. The quantitative estimate of drug-likeness (QED) is 0.583. The molecule has 2 aromatic rings. The predicted octanol–water partition coefficient (Wildman–Crippen LogP) is 4.02. The minimum absolute atomic E-state index is 0.0113. The van der Waals surface area contributed by atoms with E-state index in [0.717, 1.165) is 24.8 Å². The SMILES string of the molecule is COc1ccc(C)cc1NC(=O)C(C)OC(=O)c1ccc(Cl)c(S(=O)(=O)N2CCCCC2)c1. The van der Waals surface area contributed by atoms with Gasteiger partial charge in [-0.25, -0.2) is 13.2 Å². The van der Waals surface area contributed by atoms with Crippen LogP contribution in [0.4, 0.5) is 5.69 Å². The lowest BCUT2D eigenvalue weighted by Crippen LogP contribution is -2.36. The molecule has 8 nitrogen and oxygen atoms in total. The van der Waals surface area contributed by atoms with Gasteiger partial charge in [-0.05, 0) is 62.6 Å². The van der Waals surface area contributed by atoms with E-state index in [-0.39, 0.29) is 15.5 Å². The van der Waals surface area contributed by atoms with E-state index >= 15 is 0 Å². The molecule has 0 spiro atoms. The summed E-state index contributed by atoms with van der Waals surface area (Å²) in [6.45, 7) is 4.12. The number of nitrogens with one attached hydrogen (secondary N) is 1. The van der Waals surface area contributed by atoms with E-state index in [9.17, 15) is 18.0 Å². The Morgan fingerprint density at radius 1 is 1.09 bits per heavy atom. The third kappa shape index (κ3) is 5.85. The summed E-state index contributed by atoms with van der Waals surface area (Å²) in [4.78, 5) is 25.1. The van der Waals surface area contributed by atoms with Crippen LogP contribution in [0.25, 0.3) is 0 Å². The maximum absolute atomic E-state index is 13.0. The normalized spacial score (nSPS) is 15.5. The summed E-state index contributed by atoms with van der Waals surface area (Å²) in [6.07, 6.45) is 1.38. The van der Waals surface area contributed by atoms with Crippen LogP contribution in [0, 0.1) is 6.92 Å². The molecule has 3 rings (SSSR count). The number of ether oxygens (including phenoxy) is 2. The van der Waals surface area contributed by atoms with Gasteiger partial charge in [-0.15, -0.1) is 0 Å². The Bertz CT molecular complexity index is 1150. The highest BCUT2D eigenvalue weighted by molar-refractivity contribution is 7.89. The molecule has 1 unspecified atom stereocenters. The first-order valence-corrected chi connectivity index (χ1v) is 12.4. The third-order valence-corrected chi connectivity index (χ3v) is 7.75. The van der Waals surface area contributed by atoms with Crippen molar-refractivity contribution in [2.45, 2.75) is 44.1 Å². The molecular formula is C23H27ClN2O6S. The van der Waals surface area contributed by atoms with Crippen molar-refractivity contribution < 1.29 is 27.5 Å². The number of rotatable bonds is 7. The van der Waals surface area contributed by atoms with Crippen molar-refractivity contribution >= 4 is 39.2 Å². The van der Waals surface area contributed by atoms with Crippen LogP contribution in [-0.2, 0) is 19.6 Å². The number of aryl methyl sites for hydroxylation is 1. The number of sulfonamides is 1. The highest BCUT2D eigenvalue weighted by Crippen LogP contribution is 2.29. The molecular weight excluding hydrogens is 468 g/mol. The van der Waals surface area contributed by atoms with E-state index in [1.807, 2.05) is 13.0 Å². The first kappa shape index (κ1) is 25.0. The second kappa shape index (κ2) is 10.5. The topological polar surface area (TPSA) is 102 Å². The van der Waals surface area contributed by atoms with Crippen molar-refractivity contribution in [3.05, 3.63) is 52.5 Å². The summed E-state index contributed by atoms with van der Waals surface area (Å²) < 4.78 is 37.9. The van der Waals surface area contributed by atoms with E-state index in [4.69, 9.17) is 21.1 Å². The molecule has 10 heteroatoms. The molecule has 1 saturated heterocycles. The first-order chi connectivity index (χ1) is 15.6. The number of carbonyl (C=O) groups is 2. The second-order valence-electron chi connectivity index (χ2n) is 7.85. The van der Waals surface area contributed by atoms with E-state index in [1.54, 1.807) is 12.1 Å². The molecule has 0 bridgehead atoms. The molecule has 1 aliphatic heterocycles. The van der Waals surface area contributed by atoms with Gasteiger partial charge < -0.3 is 14.8 Å². The number of hydrogen-bond acceptors (Lipinski definition) is 6. The number of carbonyl (C=O) groups excluding carboxylic acids is 2. The Morgan fingerprint density at radius 2 is 1.79 bits per heavy atom. The Kier molecular flexibility index (Phi) is 7.99. The Hall–Kier alpha value is -2.62. The van der Waals surface area contributed by atoms with Gasteiger partial charge in [-0.2, -0.15) is 4.31 Å². The molecule has 2 aromatic carbocycles. The van der Waals surface area contributed by atoms with Gasteiger partial charge >= 0.3 is 5.97 Å². The van der Waals surface area contributed by atoms with Crippen molar-refractivity contribution in [3.8, 4) is 5.75 Å². The van der Waals surface area contributed by atoms with Gasteiger partial charge in [0, 0.05) is 13.1 Å². The smallest absolute Gasteiger partial charge is 0.338 e. The second-order valence-corrected chi connectivity index (χ2v) is 10.2. The van der Waals surface area contributed by atoms with Crippen molar-refractivity contribution in [2.24, 2.45) is 0 Å². The summed E-state index contributed by atoms with van der Waals surface area (Å²) in [5.41, 5.74) is 1.36. The number of nitrogens with zero attached hydrogens (tertiary/aromatic N) is 1. The highest BCUT2D eigenvalue weighted by Gasteiger charge is 2.29. The van der Waals surface area contributed by atoms with Crippen LogP contribution < -0.4 is 10.1 Å². The molecule has 1 aliphatic rings. The van der Waals surface area contributed by atoms with Crippen molar-refractivity contribution in [1.82, 2.24) is 4.31 Å². The zero-order valence-electron chi connectivity index (χ0n) is 18.8. The zero-order chi connectivity index (χ0) is 24.2. The monoisotopic (exact) mass is 494 g/mol. The van der Waals surface area contributed by atoms with Crippen molar-refractivity contribution in [1.29, 1.82) is 0 Å². The van der Waals surface area contributed by atoms with Gasteiger partial charge in [0.25, 0.3) is 5.91 Å². The maximum Gasteiger partial charge on any atom is 0.338 e. The molecule has 1 amide bonds. The van der Waals surface area contributed by atoms with E-state index in [1.165, 1.54) is 36.5 Å². The predicted molar refractivity (Wildman–Crippen MR) is 125 cm³/mol. The molecule has 0 aliphatic carbocycles. The molecule has 1 fully saturated rings. The fourth-order valence-electron chi connectivity index (χ4n) is 3.51. The lowest BCUT2D eigenvalue weighted by Gasteiger charge is -2.26. The van der Waals surface area contributed by atoms with E-state index in [2.05, 4.69) is 5.32 Å². The number of halogens is 1. The fraction of sp³-hybridized carbons (Fsp3) is 0.391. The van der Waals surface area contributed by atoms with Gasteiger partial charge in [0.2, 0.25) is 10.0 Å². The molecule has 1 atom stereocenters. The van der Waals surface area contributed by atoms with Gasteiger partial charge in [0.05, 0.1) is 23.4 Å². The summed E-state index contributed by atoms with van der Waals surface area (Å²) >= 11 is 6.16. The van der Waals surface area contributed by atoms with Crippen LogP contribution in [-0.4, -0.2) is 50.9 Å². The van der Waals surface area contributed by atoms with Crippen molar-refractivity contribution in [2.75, 3.05) is 25.5 Å². The van der Waals surface area contributed by atoms with Crippen LogP contribution in [0.2, 0.25) is 5.02 Å². The Morgan fingerprint density at radius 3 is 2.45 bits per heavy atom. The maximum atomic E-state index is 13.0. The largest absolute Gasteiger partial charge is 0.495 e. The van der Waals surface area contributed by atoms with Gasteiger partial charge in [-0.3, -0.25) is 4.79 Å². The van der Waals surface area contributed by atoms with Crippen molar-refractivity contribution in [3.63, 3.8) is 0 Å². The molecule has 0 aromatic heterocycles. The molecule has 0 saturated carbocycles.